The zero-order valence-corrected chi connectivity index (χ0v) is 11.9. The summed E-state index contributed by atoms with van der Waals surface area (Å²) in [4.78, 5) is 2.39. The molecule has 2 aliphatic heterocycles. The third kappa shape index (κ3) is 4.50. The highest BCUT2D eigenvalue weighted by Crippen LogP contribution is 2.09. The van der Waals surface area contributed by atoms with Crippen LogP contribution in [0.1, 0.15) is 19.8 Å². The molecule has 0 saturated carbocycles. The average molecular weight is 276 g/mol. The Kier molecular flexibility index (Phi) is 5.00. The Morgan fingerprint density at radius 3 is 3.06 bits per heavy atom. The van der Waals surface area contributed by atoms with Gasteiger partial charge in [-0.25, -0.2) is 8.42 Å². The minimum atomic E-state index is -2.81. The fourth-order valence-corrected chi connectivity index (χ4v) is 4.17. The van der Waals surface area contributed by atoms with E-state index in [1.54, 1.807) is 0 Å². The molecule has 0 amide bonds. The third-order valence-corrected chi connectivity index (χ3v) is 5.37. The number of hydrogen-bond acceptors (Lipinski definition) is 5. The van der Waals surface area contributed by atoms with Crippen LogP contribution < -0.4 is 5.32 Å². The average Bonchev–Trinajstić information content (AvgIpc) is 2.50. The van der Waals surface area contributed by atoms with Gasteiger partial charge < -0.3 is 15.0 Å². The first-order chi connectivity index (χ1) is 8.55. The molecule has 18 heavy (non-hydrogen) atoms. The van der Waals surface area contributed by atoms with Crippen molar-refractivity contribution in [3.8, 4) is 0 Å². The van der Waals surface area contributed by atoms with E-state index in [-0.39, 0.29) is 17.9 Å². The molecule has 5 nitrogen and oxygen atoms in total. The number of hydrogen-bond donors (Lipinski definition) is 1. The van der Waals surface area contributed by atoms with Crippen LogP contribution in [0.5, 0.6) is 0 Å². The van der Waals surface area contributed by atoms with E-state index in [1.165, 1.54) is 0 Å². The van der Waals surface area contributed by atoms with Crippen LogP contribution in [0.4, 0.5) is 0 Å². The third-order valence-electron chi connectivity index (χ3n) is 3.63. The molecule has 106 valence electrons. The van der Waals surface area contributed by atoms with Crippen molar-refractivity contribution < 1.29 is 13.2 Å². The predicted molar refractivity (Wildman–Crippen MR) is 71.5 cm³/mol. The van der Waals surface area contributed by atoms with Gasteiger partial charge in [-0.1, -0.05) is 0 Å². The zero-order chi connectivity index (χ0) is 13.0. The molecule has 2 aliphatic rings. The van der Waals surface area contributed by atoms with Gasteiger partial charge in [0.1, 0.15) is 0 Å². The van der Waals surface area contributed by atoms with Crippen molar-refractivity contribution in [3.05, 3.63) is 0 Å². The van der Waals surface area contributed by atoms with Crippen molar-refractivity contribution in [1.29, 1.82) is 0 Å². The number of nitrogens with zero attached hydrogens (tertiary/aromatic N) is 1. The molecule has 0 bridgehead atoms. The summed E-state index contributed by atoms with van der Waals surface area (Å²) in [6.45, 7) is 6.52. The van der Waals surface area contributed by atoms with Crippen LogP contribution in [-0.4, -0.2) is 69.8 Å². The monoisotopic (exact) mass is 276 g/mol. The molecule has 0 aromatic heterocycles. The maximum Gasteiger partial charge on any atom is 0.153 e. The number of ether oxygens (including phenoxy) is 1. The van der Waals surface area contributed by atoms with Crippen molar-refractivity contribution in [2.45, 2.75) is 31.9 Å². The van der Waals surface area contributed by atoms with E-state index in [2.05, 4.69) is 17.1 Å². The minimum Gasteiger partial charge on any atom is -0.377 e. The molecule has 0 aromatic carbocycles. The zero-order valence-electron chi connectivity index (χ0n) is 11.1. The lowest BCUT2D eigenvalue weighted by Gasteiger charge is -2.27. The quantitative estimate of drug-likeness (QED) is 0.778. The van der Waals surface area contributed by atoms with Crippen molar-refractivity contribution >= 4 is 9.84 Å². The second-order valence-electron chi connectivity index (χ2n) is 5.39. The summed E-state index contributed by atoms with van der Waals surface area (Å²) in [5.74, 6) is 0.588. The van der Waals surface area contributed by atoms with Crippen molar-refractivity contribution in [3.63, 3.8) is 0 Å². The van der Waals surface area contributed by atoms with Gasteiger partial charge in [0.25, 0.3) is 0 Å². The highest BCUT2D eigenvalue weighted by molar-refractivity contribution is 7.91. The maximum atomic E-state index is 11.5. The van der Waals surface area contributed by atoms with Gasteiger partial charge >= 0.3 is 0 Å². The summed E-state index contributed by atoms with van der Waals surface area (Å²) in [6.07, 6.45) is 2.27. The Morgan fingerprint density at radius 1 is 1.44 bits per heavy atom. The highest BCUT2D eigenvalue weighted by atomic mass is 32.2. The fourth-order valence-electron chi connectivity index (χ4n) is 2.67. The summed E-state index contributed by atoms with van der Waals surface area (Å²) in [6, 6.07) is 0.128. The van der Waals surface area contributed by atoms with E-state index in [4.69, 9.17) is 4.74 Å². The Morgan fingerprint density at radius 2 is 2.28 bits per heavy atom. The molecular formula is C12H24N2O3S. The molecular weight excluding hydrogens is 252 g/mol. The van der Waals surface area contributed by atoms with Crippen LogP contribution in [0.3, 0.4) is 0 Å². The SMILES string of the molecule is CC1CN(CCC2CS(=O)(=O)CCN2)CCCO1. The second kappa shape index (κ2) is 6.32. The van der Waals surface area contributed by atoms with Crippen molar-refractivity contribution in [2.75, 3.05) is 44.3 Å². The Hall–Kier alpha value is -0.170. The van der Waals surface area contributed by atoms with Crippen LogP contribution in [-0.2, 0) is 14.6 Å². The van der Waals surface area contributed by atoms with Crippen LogP contribution in [0.25, 0.3) is 0 Å². The second-order valence-corrected chi connectivity index (χ2v) is 7.62. The van der Waals surface area contributed by atoms with E-state index >= 15 is 0 Å². The number of sulfone groups is 1. The van der Waals surface area contributed by atoms with Crippen LogP contribution in [0, 0.1) is 0 Å². The molecule has 2 fully saturated rings. The van der Waals surface area contributed by atoms with Crippen molar-refractivity contribution in [2.24, 2.45) is 0 Å². The first-order valence-corrected chi connectivity index (χ1v) is 8.65. The molecule has 1 N–H and O–H groups in total. The van der Waals surface area contributed by atoms with Gasteiger partial charge in [0, 0.05) is 32.3 Å². The normalized spacial score (nSPS) is 34.1. The standard InChI is InChI=1S/C12H24N2O3S/c1-11-9-14(5-2-7-17-11)6-3-12-10-18(15,16)8-4-13-12/h11-13H,2-10H2,1H3. The van der Waals surface area contributed by atoms with Gasteiger partial charge in [0.15, 0.2) is 9.84 Å². The molecule has 6 heteroatoms. The van der Waals surface area contributed by atoms with Crippen LogP contribution in [0.15, 0.2) is 0 Å². The van der Waals surface area contributed by atoms with Gasteiger partial charge in [0.2, 0.25) is 0 Å². The molecule has 2 rings (SSSR count). The predicted octanol–water partition coefficient (Wildman–Crippen LogP) is -0.126. The first kappa shape index (κ1) is 14.2. The molecule has 0 spiro atoms. The fraction of sp³-hybridized carbons (Fsp3) is 1.00. The summed E-state index contributed by atoms with van der Waals surface area (Å²) >= 11 is 0. The van der Waals surface area contributed by atoms with E-state index in [9.17, 15) is 8.42 Å². The summed E-state index contributed by atoms with van der Waals surface area (Å²) in [7, 11) is -2.81. The van der Waals surface area contributed by atoms with E-state index in [0.29, 0.717) is 12.3 Å². The summed E-state index contributed by atoms with van der Waals surface area (Å²) < 4.78 is 28.7. The van der Waals surface area contributed by atoms with Gasteiger partial charge in [-0.3, -0.25) is 0 Å². The highest BCUT2D eigenvalue weighted by Gasteiger charge is 2.25. The Bertz CT molecular complexity index is 358. The Balaban J connectivity index is 1.76. The molecule has 2 atom stereocenters. The minimum absolute atomic E-state index is 0.128. The molecule has 2 saturated heterocycles. The van der Waals surface area contributed by atoms with Gasteiger partial charge in [-0.05, 0) is 26.3 Å². The van der Waals surface area contributed by atoms with Crippen LogP contribution in [0.2, 0.25) is 0 Å². The van der Waals surface area contributed by atoms with Gasteiger partial charge in [-0.2, -0.15) is 0 Å². The summed E-state index contributed by atoms with van der Waals surface area (Å²) in [5, 5.41) is 3.30. The molecule has 0 aliphatic carbocycles. The van der Waals surface area contributed by atoms with Crippen LogP contribution >= 0.6 is 0 Å². The topological polar surface area (TPSA) is 58.6 Å². The number of nitrogens with one attached hydrogen (secondary N) is 1. The van der Waals surface area contributed by atoms with Gasteiger partial charge in [0.05, 0.1) is 17.6 Å². The van der Waals surface area contributed by atoms with Gasteiger partial charge in [-0.15, -0.1) is 0 Å². The molecule has 2 unspecified atom stereocenters. The van der Waals surface area contributed by atoms with Crippen molar-refractivity contribution in [1.82, 2.24) is 10.2 Å². The molecule has 0 aromatic rings. The lowest BCUT2D eigenvalue weighted by molar-refractivity contribution is 0.0673. The lowest BCUT2D eigenvalue weighted by Crippen LogP contribution is -2.46. The van der Waals surface area contributed by atoms with E-state index in [0.717, 1.165) is 39.1 Å². The maximum absolute atomic E-state index is 11.5. The Labute approximate surface area is 110 Å². The lowest BCUT2D eigenvalue weighted by atomic mass is 10.2. The molecule has 0 radical (unpaired) electrons. The summed E-state index contributed by atoms with van der Waals surface area (Å²) in [5.41, 5.74) is 0. The van der Waals surface area contributed by atoms with E-state index in [1.807, 2.05) is 0 Å². The molecule has 2 heterocycles. The largest absolute Gasteiger partial charge is 0.377 e. The first-order valence-electron chi connectivity index (χ1n) is 6.83. The van der Waals surface area contributed by atoms with E-state index < -0.39 is 9.84 Å². The number of rotatable bonds is 3. The smallest absolute Gasteiger partial charge is 0.153 e.